The molecule has 0 aliphatic heterocycles. The van der Waals surface area contributed by atoms with E-state index in [1.807, 2.05) is 41.2 Å². The van der Waals surface area contributed by atoms with Crippen molar-refractivity contribution in [1.82, 2.24) is 19.3 Å². The van der Waals surface area contributed by atoms with Gasteiger partial charge in [-0.05, 0) is 92.4 Å². The fraction of sp³-hybridized carbons (Fsp3) is 0.135. The van der Waals surface area contributed by atoms with Gasteiger partial charge in [-0.3, -0.25) is 4.57 Å². The van der Waals surface area contributed by atoms with Gasteiger partial charge in [0.2, 0.25) is 0 Å². The van der Waals surface area contributed by atoms with Crippen molar-refractivity contribution in [2.24, 2.45) is 0 Å². The van der Waals surface area contributed by atoms with Gasteiger partial charge in [-0.15, -0.1) is 0 Å². The summed E-state index contributed by atoms with van der Waals surface area (Å²) in [6.07, 6.45) is 2.86. The molecule has 7 aromatic rings. The smallest absolute Gasteiger partial charge is 0.137 e. The van der Waals surface area contributed by atoms with E-state index in [1.54, 1.807) is 0 Å². The maximum atomic E-state index is 6.49. The number of aromatic nitrogens is 4. The standard InChI is InChI=1S/C37H32N4O/c1-5-27-14-17-34-33(21-27)32-16-15-31(23-35(32)40(34)36-20-24(2)18-19-38-36)42-30-13-9-12-29(22-30)41-26(4)37(25(3)39-41)28-10-7-6-8-11-28/h6-23H,5H2,1-4H3. The SMILES string of the molecule is CCc1ccc2c(c1)c1ccc(Oc3cccc(-n4nc(C)c(-c5ccccc5)c4C)c3)cc1n2-c1cc(C)ccn1. The molecule has 0 N–H and O–H groups in total. The molecule has 0 bridgehead atoms. The van der Waals surface area contributed by atoms with Crippen LogP contribution in [-0.2, 0) is 6.42 Å². The Balaban J connectivity index is 1.30. The molecule has 0 unspecified atom stereocenters. The molecule has 0 aliphatic rings. The van der Waals surface area contributed by atoms with Gasteiger partial charge in [-0.1, -0.05) is 49.4 Å². The van der Waals surface area contributed by atoms with Crippen LogP contribution in [-0.4, -0.2) is 19.3 Å². The molecule has 42 heavy (non-hydrogen) atoms. The Kier molecular flexibility index (Phi) is 6.35. The Bertz CT molecular complexity index is 2090. The molecule has 0 radical (unpaired) electrons. The van der Waals surface area contributed by atoms with Crippen molar-refractivity contribution in [3.8, 4) is 34.1 Å². The highest BCUT2D eigenvalue weighted by molar-refractivity contribution is 6.09. The minimum atomic E-state index is 0.755. The van der Waals surface area contributed by atoms with E-state index in [0.717, 1.165) is 57.4 Å². The molecular formula is C37H32N4O. The van der Waals surface area contributed by atoms with Crippen molar-refractivity contribution >= 4 is 21.8 Å². The van der Waals surface area contributed by atoms with Crippen LogP contribution in [0.2, 0.25) is 0 Å². The van der Waals surface area contributed by atoms with Crippen LogP contribution >= 0.6 is 0 Å². The van der Waals surface area contributed by atoms with Gasteiger partial charge in [0.25, 0.3) is 0 Å². The second-order valence-corrected chi connectivity index (χ2v) is 10.8. The summed E-state index contributed by atoms with van der Waals surface area (Å²) in [5.74, 6) is 2.42. The van der Waals surface area contributed by atoms with E-state index < -0.39 is 0 Å². The third kappa shape index (κ3) is 4.44. The van der Waals surface area contributed by atoms with E-state index in [9.17, 15) is 0 Å². The second-order valence-electron chi connectivity index (χ2n) is 10.8. The topological polar surface area (TPSA) is 44.9 Å². The molecule has 0 aliphatic carbocycles. The van der Waals surface area contributed by atoms with E-state index in [4.69, 9.17) is 14.8 Å². The third-order valence-electron chi connectivity index (χ3n) is 7.99. The van der Waals surface area contributed by atoms with Crippen LogP contribution in [0.5, 0.6) is 11.5 Å². The number of ether oxygens (including phenoxy) is 1. The van der Waals surface area contributed by atoms with Gasteiger partial charge in [-0.2, -0.15) is 5.10 Å². The van der Waals surface area contributed by atoms with Gasteiger partial charge in [0.15, 0.2) is 0 Å². The van der Waals surface area contributed by atoms with Crippen LogP contribution in [0.4, 0.5) is 0 Å². The molecule has 3 aromatic heterocycles. The lowest BCUT2D eigenvalue weighted by Crippen LogP contribution is -1.99. The van der Waals surface area contributed by atoms with Crippen LogP contribution in [0.3, 0.4) is 0 Å². The number of hydrogen-bond acceptors (Lipinski definition) is 3. The predicted molar refractivity (Wildman–Crippen MR) is 171 cm³/mol. The zero-order valence-corrected chi connectivity index (χ0v) is 24.3. The fourth-order valence-corrected chi connectivity index (χ4v) is 5.95. The number of rotatable bonds is 6. The van der Waals surface area contributed by atoms with Gasteiger partial charge in [0, 0.05) is 40.4 Å². The number of fused-ring (bicyclic) bond motifs is 3. The number of benzene rings is 4. The first kappa shape index (κ1) is 25.8. The Hall–Kier alpha value is -5.16. The molecule has 7 rings (SSSR count). The van der Waals surface area contributed by atoms with Crippen molar-refractivity contribution in [1.29, 1.82) is 0 Å². The van der Waals surface area contributed by atoms with E-state index in [1.165, 1.54) is 27.5 Å². The van der Waals surface area contributed by atoms with Gasteiger partial charge >= 0.3 is 0 Å². The normalized spacial score (nSPS) is 11.4. The number of aryl methyl sites for hydroxylation is 3. The van der Waals surface area contributed by atoms with Crippen LogP contribution < -0.4 is 4.74 Å². The van der Waals surface area contributed by atoms with Crippen molar-refractivity contribution in [2.75, 3.05) is 0 Å². The Morgan fingerprint density at radius 3 is 2.36 bits per heavy atom. The number of hydrogen-bond donors (Lipinski definition) is 0. The van der Waals surface area contributed by atoms with Crippen LogP contribution in [0.15, 0.2) is 109 Å². The summed E-state index contributed by atoms with van der Waals surface area (Å²) >= 11 is 0. The molecule has 0 amide bonds. The molecule has 206 valence electrons. The Morgan fingerprint density at radius 2 is 1.55 bits per heavy atom. The summed E-state index contributed by atoms with van der Waals surface area (Å²) in [6.45, 7) is 8.47. The molecular weight excluding hydrogens is 516 g/mol. The second kappa shape index (κ2) is 10.3. The zero-order valence-electron chi connectivity index (χ0n) is 24.3. The summed E-state index contributed by atoms with van der Waals surface area (Å²) in [6, 6.07) is 35.7. The molecule has 0 saturated heterocycles. The van der Waals surface area contributed by atoms with Gasteiger partial charge in [-0.25, -0.2) is 9.67 Å². The molecule has 0 saturated carbocycles. The van der Waals surface area contributed by atoms with Crippen molar-refractivity contribution in [3.05, 3.63) is 132 Å². The average Bonchev–Trinajstić information content (AvgIpc) is 3.49. The van der Waals surface area contributed by atoms with Gasteiger partial charge < -0.3 is 4.74 Å². The summed E-state index contributed by atoms with van der Waals surface area (Å²) in [4.78, 5) is 4.74. The lowest BCUT2D eigenvalue weighted by atomic mass is 10.0. The first-order chi connectivity index (χ1) is 20.5. The fourth-order valence-electron chi connectivity index (χ4n) is 5.95. The highest BCUT2D eigenvalue weighted by Crippen LogP contribution is 2.36. The Morgan fingerprint density at radius 1 is 0.714 bits per heavy atom. The summed E-state index contributed by atoms with van der Waals surface area (Å²) < 4.78 is 10.7. The lowest BCUT2D eigenvalue weighted by Gasteiger charge is -2.11. The van der Waals surface area contributed by atoms with Crippen molar-refractivity contribution in [3.63, 3.8) is 0 Å². The summed E-state index contributed by atoms with van der Waals surface area (Å²) in [5.41, 5.74) is 10.1. The third-order valence-corrected chi connectivity index (χ3v) is 7.99. The molecule has 5 nitrogen and oxygen atoms in total. The first-order valence-electron chi connectivity index (χ1n) is 14.4. The molecule has 0 spiro atoms. The zero-order chi connectivity index (χ0) is 28.8. The minimum absolute atomic E-state index is 0.755. The highest BCUT2D eigenvalue weighted by Gasteiger charge is 2.17. The van der Waals surface area contributed by atoms with Gasteiger partial charge in [0.1, 0.15) is 17.3 Å². The first-order valence-corrected chi connectivity index (χ1v) is 14.4. The van der Waals surface area contributed by atoms with Crippen LogP contribution in [0.25, 0.3) is 44.4 Å². The van der Waals surface area contributed by atoms with E-state index in [-0.39, 0.29) is 0 Å². The lowest BCUT2D eigenvalue weighted by molar-refractivity contribution is 0.483. The summed E-state index contributed by atoms with van der Waals surface area (Å²) in [5, 5.41) is 7.29. The highest BCUT2D eigenvalue weighted by atomic mass is 16.5. The van der Waals surface area contributed by atoms with Crippen LogP contribution in [0, 0.1) is 20.8 Å². The van der Waals surface area contributed by atoms with E-state index >= 15 is 0 Å². The van der Waals surface area contributed by atoms with Crippen molar-refractivity contribution in [2.45, 2.75) is 34.1 Å². The molecule has 3 heterocycles. The maximum Gasteiger partial charge on any atom is 0.137 e. The van der Waals surface area contributed by atoms with E-state index in [0.29, 0.717) is 0 Å². The van der Waals surface area contributed by atoms with E-state index in [2.05, 4.69) is 105 Å². The van der Waals surface area contributed by atoms with Crippen molar-refractivity contribution < 1.29 is 4.74 Å². The number of pyridine rings is 1. The van der Waals surface area contributed by atoms with Crippen LogP contribution in [0.1, 0.15) is 29.4 Å². The molecule has 4 aromatic carbocycles. The quantitative estimate of drug-likeness (QED) is 0.208. The average molecular weight is 549 g/mol. The number of nitrogens with zero attached hydrogens (tertiary/aromatic N) is 4. The maximum absolute atomic E-state index is 6.49. The largest absolute Gasteiger partial charge is 0.457 e. The summed E-state index contributed by atoms with van der Waals surface area (Å²) in [7, 11) is 0. The van der Waals surface area contributed by atoms with Gasteiger partial charge in [0.05, 0.1) is 22.4 Å². The molecule has 0 atom stereocenters. The molecule has 5 heteroatoms. The predicted octanol–water partition coefficient (Wildman–Crippen LogP) is 9.31. The monoisotopic (exact) mass is 548 g/mol. The molecule has 0 fully saturated rings. The minimum Gasteiger partial charge on any atom is -0.457 e. The Labute approximate surface area is 245 Å².